The first kappa shape index (κ1) is 27.6. The summed E-state index contributed by atoms with van der Waals surface area (Å²) in [6, 6.07) is 11.3. The number of carbonyl (C=O) groups excluding carboxylic acids is 1. The van der Waals surface area contributed by atoms with Crippen LogP contribution in [0.3, 0.4) is 0 Å². The summed E-state index contributed by atoms with van der Waals surface area (Å²) in [4.78, 5) is 15.6. The molecule has 1 amide bonds. The Kier molecular flexibility index (Phi) is 7.16. The molecule has 9 heteroatoms. The van der Waals surface area contributed by atoms with Crippen LogP contribution in [0.25, 0.3) is 0 Å². The van der Waals surface area contributed by atoms with Crippen LogP contribution in [0.15, 0.2) is 48.6 Å². The number of fused-ring (bicyclic) bond motifs is 4. The van der Waals surface area contributed by atoms with Gasteiger partial charge in [-0.3, -0.25) is 4.79 Å². The Labute approximate surface area is 241 Å². The standard InChI is InChI=1S/C31H37ClN2O5S/c1-19-5-11-28(35)25-9-6-23(25)16-34-17-31(13-3-4-21-14-24(32)8-10-26(21)31)18-39-29-12-7-22(15-27(29)34)30(36)33-40(37,38)20(19)2/h5,7-8,10-12,14-15,19-20,23,25,28,35H,3-4,6,9,13,16-18H2,1-2H3,(H,33,36)/b11-5+/t19-,20-,23-,25+,28-,31-/m0/s1. The number of ether oxygens (including phenoxy) is 1. The van der Waals surface area contributed by atoms with Crippen molar-refractivity contribution < 1.29 is 23.1 Å². The van der Waals surface area contributed by atoms with Gasteiger partial charge in [-0.25, -0.2) is 13.1 Å². The van der Waals surface area contributed by atoms with Crippen molar-refractivity contribution in [3.05, 3.63) is 70.3 Å². The number of aliphatic hydroxyl groups excluding tert-OH is 1. The van der Waals surface area contributed by atoms with Gasteiger partial charge in [0.1, 0.15) is 5.75 Å². The number of hydrogen-bond acceptors (Lipinski definition) is 6. The van der Waals surface area contributed by atoms with E-state index < -0.39 is 27.3 Å². The van der Waals surface area contributed by atoms with E-state index in [2.05, 4.69) is 21.8 Å². The molecule has 2 aromatic carbocycles. The van der Waals surface area contributed by atoms with E-state index in [4.69, 9.17) is 16.3 Å². The zero-order valence-corrected chi connectivity index (χ0v) is 24.5. The number of nitrogens with one attached hydrogen (secondary N) is 1. The van der Waals surface area contributed by atoms with Crippen LogP contribution in [-0.2, 0) is 21.9 Å². The minimum atomic E-state index is -3.95. The maximum Gasteiger partial charge on any atom is 0.264 e. The lowest BCUT2D eigenvalue weighted by atomic mass is 9.68. The first-order chi connectivity index (χ1) is 19.1. The summed E-state index contributed by atoms with van der Waals surface area (Å²) in [5, 5.41) is 11.0. The van der Waals surface area contributed by atoms with E-state index >= 15 is 0 Å². The summed E-state index contributed by atoms with van der Waals surface area (Å²) in [5.41, 5.74) is 3.32. The molecule has 40 heavy (non-hydrogen) atoms. The summed E-state index contributed by atoms with van der Waals surface area (Å²) in [5.74, 6) is -0.00460. The maximum atomic E-state index is 13.2. The highest BCUT2D eigenvalue weighted by molar-refractivity contribution is 7.90. The van der Waals surface area contributed by atoms with Gasteiger partial charge in [0.15, 0.2) is 0 Å². The lowest BCUT2D eigenvalue weighted by molar-refractivity contribution is 0.0454. The predicted octanol–water partition coefficient (Wildman–Crippen LogP) is 4.85. The van der Waals surface area contributed by atoms with Gasteiger partial charge in [0.05, 0.1) is 23.6 Å². The smallest absolute Gasteiger partial charge is 0.264 e. The number of sulfonamides is 1. The minimum absolute atomic E-state index is 0.0875. The third kappa shape index (κ3) is 4.92. The Hall–Kier alpha value is -2.55. The second-order valence-corrected chi connectivity index (χ2v) is 14.7. The van der Waals surface area contributed by atoms with E-state index in [1.165, 1.54) is 11.1 Å². The molecule has 2 N–H and O–H groups in total. The van der Waals surface area contributed by atoms with Crippen LogP contribution in [0.2, 0.25) is 5.02 Å². The summed E-state index contributed by atoms with van der Waals surface area (Å²) in [6.07, 6.45) is 7.75. The monoisotopic (exact) mass is 584 g/mol. The number of amides is 1. The van der Waals surface area contributed by atoms with Gasteiger partial charge in [0, 0.05) is 29.1 Å². The Bertz CT molecular complexity index is 1460. The molecular weight excluding hydrogens is 548 g/mol. The maximum absolute atomic E-state index is 13.2. The van der Waals surface area contributed by atoms with Gasteiger partial charge in [0.25, 0.3) is 5.91 Å². The molecule has 1 fully saturated rings. The Balaban J connectivity index is 1.44. The Morgan fingerprint density at radius 2 is 1.95 bits per heavy atom. The molecule has 6 rings (SSSR count). The fourth-order valence-corrected chi connectivity index (χ4v) is 8.37. The summed E-state index contributed by atoms with van der Waals surface area (Å²) in [7, 11) is -3.95. The van der Waals surface area contributed by atoms with E-state index in [1.54, 1.807) is 44.2 Å². The lowest BCUT2D eigenvalue weighted by Crippen LogP contribution is -2.49. The number of hydrogen-bond donors (Lipinski definition) is 2. The van der Waals surface area contributed by atoms with Crippen LogP contribution in [0.4, 0.5) is 5.69 Å². The molecule has 1 spiro atoms. The van der Waals surface area contributed by atoms with Crippen LogP contribution < -0.4 is 14.4 Å². The molecule has 2 heterocycles. The van der Waals surface area contributed by atoms with E-state index in [-0.39, 0.29) is 28.7 Å². The molecule has 4 aliphatic rings. The van der Waals surface area contributed by atoms with Crippen molar-refractivity contribution in [1.29, 1.82) is 0 Å². The number of aryl methyl sites for hydroxylation is 1. The van der Waals surface area contributed by atoms with Gasteiger partial charge in [0.2, 0.25) is 10.0 Å². The molecule has 2 aliphatic heterocycles. The molecule has 0 radical (unpaired) electrons. The zero-order chi connectivity index (χ0) is 28.2. The quantitative estimate of drug-likeness (QED) is 0.430. The third-order valence-corrected chi connectivity index (χ3v) is 11.9. The topological polar surface area (TPSA) is 95.9 Å². The van der Waals surface area contributed by atoms with Crippen molar-refractivity contribution in [3.8, 4) is 5.75 Å². The molecule has 0 unspecified atom stereocenters. The number of allylic oxidation sites excluding steroid dienone is 1. The first-order valence-electron chi connectivity index (χ1n) is 14.3. The van der Waals surface area contributed by atoms with Crippen LogP contribution in [0.5, 0.6) is 5.75 Å². The van der Waals surface area contributed by atoms with Gasteiger partial charge in [-0.05, 0) is 98.2 Å². The molecule has 7 nitrogen and oxygen atoms in total. The van der Waals surface area contributed by atoms with Crippen molar-refractivity contribution in [2.75, 3.05) is 24.6 Å². The zero-order valence-electron chi connectivity index (χ0n) is 23.0. The van der Waals surface area contributed by atoms with Crippen LogP contribution in [-0.4, -0.2) is 50.5 Å². The number of nitrogens with zero attached hydrogens (tertiary/aromatic N) is 1. The number of anilines is 1. The largest absolute Gasteiger partial charge is 0.490 e. The molecule has 214 valence electrons. The Morgan fingerprint density at radius 3 is 2.73 bits per heavy atom. The molecule has 2 aliphatic carbocycles. The fraction of sp³-hybridized carbons (Fsp3) is 0.516. The highest BCUT2D eigenvalue weighted by atomic mass is 35.5. The van der Waals surface area contributed by atoms with Crippen molar-refractivity contribution in [2.24, 2.45) is 17.8 Å². The van der Waals surface area contributed by atoms with Crippen LogP contribution >= 0.6 is 11.6 Å². The first-order valence-corrected chi connectivity index (χ1v) is 16.2. The highest BCUT2D eigenvalue weighted by Crippen LogP contribution is 2.46. The highest BCUT2D eigenvalue weighted by Gasteiger charge is 2.44. The normalized spacial score (nSPS) is 34.0. The molecular formula is C31H37ClN2O5S. The average Bonchev–Trinajstić information content (AvgIpc) is 3.05. The summed E-state index contributed by atoms with van der Waals surface area (Å²) < 4.78 is 35.0. The van der Waals surface area contributed by atoms with E-state index in [1.807, 2.05) is 6.07 Å². The molecule has 1 saturated carbocycles. The van der Waals surface area contributed by atoms with Crippen molar-refractivity contribution in [2.45, 2.75) is 62.7 Å². The van der Waals surface area contributed by atoms with E-state index in [0.29, 0.717) is 25.4 Å². The van der Waals surface area contributed by atoms with Gasteiger partial charge in [-0.2, -0.15) is 0 Å². The summed E-state index contributed by atoms with van der Waals surface area (Å²) in [6.45, 7) is 5.29. The van der Waals surface area contributed by atoms with Crippen molar-refractivity contribution >= 4 is 33.2 Å². The molecule has 0 aromatic heterocycles. The van der Waals surface area contributed by atoms with Crippen LogP contribution in [0, 0.1) is 17.8 Å². The van der Waals surface area contributed by atoms with E-state index in [9.17, 15) is 18.3 Å². The third-order valence-electron chi connectivity index (χ3n) is 9.75. The molecule has 0 saturated heterocycles. The minimum Gasteiger partial charge on any atom is -0.490 e. The van der Waals surface area contributed by atoms with Gasteiger partial charge in [-0.1, -0.05) is 36.7 Å². The second kappa shape index (κ2) is 10.4. The second-order valence-electron chi connectivity index (χ2n) is 12.2. The molecule has 6 atom stereocenters. The lowest BCUT2D eigenvalue weighted by Gasteiger charge is -2.45. The van der Waals surface area contributed by atoms with Gasteiger partial charge in [-0.15, -0.1) is 0 Å². The number of benzene rings is 2. The number of aliphatic hydroxyl groups is 1. The Morgan fingerprint density at radius 1 is 1.12 bits per heavy atom. The molecule has 2 bridgehead atoms. The van der Waals surface area contributed by atoms with Gasteiger partial charge < -0.3 is 14.7 Å². The van der Waals surface area contributed by atoms with Crippen molar-refractivity contribution in [3.63, 3.8) is 0 Å². The SMILES string of the molecule is C[C@H]1/C=C/[C@H](O)[C@@H]2CC[C@H]2CN2C[C@@]3(CCCc4cc(Cl)ccc43)COc3ccc(cc32)C(=O)NS(=O)(=O)[C@H]1C. The number of rotatable bonds is 0. The summed E-state index contributed by atoms with van der Waals surface area (Å²) >= 11 is 6.37. The predicted molar refractivity (Wildman–Crippen MR) is 157 cm³/mol. The molecule has 2 aromatic rings. The van der Waals surface area contributed by atoms with Gasteiger partial charge >= 0.3 is 0 Å². The van der Waals surface area contributed by atoms with Crippen LogP contribution in [0.1, 0.15) is 61.0 Å². The average molecular weight is 585 g/mol. The van der Waals surface area contributed by atoms with E-state index in [0.717, 1.165) is 42.8 Å². The number of halogens is 1. The van der Waals surface area contributed by atoms with Crippen molar-refractivity contribution in [1.82, 2.24) is 4.72 Å². The fourth-order valence-electron chi connectivity index (χ4n) is 6.96. The number of carbonyl (C=O) groups is 1.